The van der Waals surface area contributed by atoms with E-state index in [4.69, 9.17) is 0 Å². The van der Waals surface area contributed by atoms with Crippen LogP contribution in [-0.2, 0) is 9.09 Å². The zero-order valence-corrected chi connectivity index (χ0v) is 10.3. The van der Waals surface area contributed by atoms with Gasteiger partial charge in [-0.25, -0.2) is 10.2 Å². The summed E-state index contributed by atoms with van der Waals surface area (Å²) in [6, 6.07) is 0. The standard InChI is InChI=1S/C8H18F3N2O2P/c1-3-5-12-16(14,13-6-4-2)15-7-8(9,10)11/h3-7H2,1-2H3,(H2,12,13,14). The van der Waals surface area contributed by atoms with Gasteiger partial charge in [-0.15, -0.1) is 0 Å². The molecule has 0 spiro atoms. The van der Waals surface area contributed by atoms with Crippen LogP contribution in [0.2, 0.25) is 0 Å². The number of halogens is 3. The van der Waals surface area contributed by atoms with Crippen LogP contribution in [0.1, 0.15) is 26.7 Å². The Kier molecular flexibility index (Phi) is 7.22. The first-order chi connectivity index (χ1) is 7.33. The molecule has 0 aromatic carbocycles. The highest BCUT2D eigenvalue weighted by Gasteiger charge is 2.33. The minimum atomic E-state index is -4.47. The molecular formula is C8H18F3N2O2P. The molecule has 0 aromatic rings. The lowest BCUT2D eigenvalue weighted by molar-refractivity contribution is -0.153. The fraction of sp³-hybridized carbons (Fsp3) is 1.00. The maximum atomic E-state index is 11.9. The summed E-state index contributed by atoms with van der Waals surface area (Å²) >= 11 is 0. The van der Waals surface area contributed by atoms with Gasteiger partial charge < -0.3 is 0 Å². The molecule has 0 fully saturated rings. The minimum Gasteiger partial charge on any atom is -0.297 e. The molecule has 0 aliphatic carbocycles. The van der Waals surface area contributed by atoms with Crippen LogP contribution in [0.3, 0.4) is 0 Å². The third-order valence-electron chi connectivity index (χ3n) is 1.55. The van der Waals surface area contributed by atoms with Gasteiger partial charge in [-0.3, -0.25) is 9.09 Å². The van der Waals surface area contributed by atoms with E-state index in [0.29, 0.717) is 25.9 Å². The Morgan fingerprint density at radius 1 is 1.12 bits per heavy atom. The first-order valence-electron chi connectivity index (χ1n) is 5.14. The molecule has 0 aromatic heterocycles. The van der Waals surface area contributed by atoms with Crippen LogP contribution in [0.4, 0.5) is 13.2 Å². The van der Waals surface area contributed by atoms with Gasteiger partial charge in [0.05, 0.1) is 0 Å². The highest BCUT2D eigenvalue weighted by Crippen LogP contribution is 2.38. The van der Waals surface area contributed by atoms with Crippen LogP contribution in [0.5, 0.6) is 0 Å². The largest absolute Gasteiger partial charge is 0.412 e. The molecule has 0 saturated carbocycles. The molecule has 2 N–H and O–H groups in total. The van der Waals surface area contributed by atoms with Gasteiger partial charge in [-0.2, -0.15) is 13.2 Å². The molecule has 0 aliphatic heterocycles. The lowest BCUT2D eigenvalue weighted by Gasteiger charge is -2.20. The predicted octanol–water partition coefficient (Wildman–Crippen LogP) is 2.67. The molecule has 0 heterocycles. The van der Waals surface area contributed by atoms with E-state index in [1.807, 2.05) is 13.8 Å². The van der Waals surface area contributed by atoms with Gasteiger partial charge in [-0.05, 0) is 12.8 Å². The zero-order chi connectivity index (χ0) is 12.7. The van der Waals surface area contributed by atoms with Crippen LogP contribution in [0.15, 0.2) is 0 Å². The van der Waals surface area contributed by atoms with E-state index < -0.39 is 20.5 Å². The molecule has 0 aliphatic rings. The smallest absolute Gasteiger partial charge is 0.297 e. The molecular weight excluding hydrogens is 244 g/mol. The quantitative estimate of drug-likeness (QED) is 0.660. The lowest BCUT2D eigenvalue weighted by Crippen LogP contribution is -2.28. The summed E-state index contributed by atoms with van der Waals surface area (Å²) in [5, 5.41) is 4.95. The van der Waals surface area contributed by atoms with Gasteiger partial charge in [0.15, 0.2) is 6.61 Å². The summed E-state index contributed by atoms with van der Waals surface area (Å²) in [7, 11) is -3.57. The first kappa shape index (κ1) is 15.9. The van der Waals surface area contributed by atoms with E-state index in [-0.39, 0.29) is 0 Å². The topological polar surface area (TPSA) is 50.4 Å². The second-order valence-electron chi connectivity index (χ2n) is 3.26. The SMILES string of the molecule is CCCNP(=O)(NCCC)OCC(F)(F)F. The monoisotopic (exact) mass is 262 g/mol. The lowest BCUT2D eigenvalue weighted by atomic mass is 10.5. The maximum absolute atomic E-state index is 11.9. The molecule has 0 saturated heterocycles. The summed E-state index contributed by atoms with van der Waals surface area (Å²) in [5.41, 5.74) is 0. The molecule has 4 nitrogen and oxygen atoms in total. The second-order valence-corrected chi connectivity index (χ2v) is 5.25. The van der Waals surface area contributed by atoms with Crippen molar-refractivity contribution in [1.82, 2.24) is 10.2 Å². The van der Waals surface area contributed by atoms with E-state index in [9.17, 15) is 17.7 Å². The van der Waals surface area contributed by atoms with Crippen molar-refractivity contribution in [3.05, 3.63) is 0 Å². The van der Waals surface area contributed by atoms with Crippen molar-refractivity contribution >= 4 is 7.67 Å². The summed E-state index contributed by atoms with van der Waals surface area (Å²) in [5.74, 6) is 0. The second kappa shape index (κ2) is 7.27. The van der Waals surface area contributed by atoms with E-state index in [1.54, 1.807) is 0 Å². The Labute approximate surface area is 93.5 Å². The Balaban J connectivity index is 4.23. The summed E-state index contributed by atoms with van der Waals surface area (Å²) in [6.45, 7) is 2.80. The highest BCUT2D eigenvalue weighted by molar-refractivity contribution is 7.54. The van der Waals surface area contributed by atoms with Crippen LogP contribution < -0.4 is 10.2 Å². The average molecular weight is 262 g/mol. The third-order valence-corrected chi connectivity index (χ3v) is 3.32. The molecule has 8 heteroatoms. The van der Waals surface area contributed by atoms with Gasteiger partial charge in [-0.1, -0.05) is 13.8 Å². The summed E-state index contributed by atoms with van der Waals surface area (Å²) < 4.78 is 52.0. The molecule has 0 bridgehead atoms. The summed E-state index contributed by atoms with van der Waals surface area (Å²) in [4.78, 5) is 0. The van der Waals surface area contributed by atoms with E-state index in [0.717, 1.165) is 0 Å². The molecule has 0 amide bonds. The molecule has 98 valence electrons. The predicted molar refractivity (Wildman–Crippen MR) is 56.2 cm³/mol. The van der Waals surface area contributed by atoms with Crippen molar-refractivity contribution < 1.29 is 22.3 Å². The maximum Gasteiger partial charge on any atom is 0.412 e. The Morgan fingerprint density at radius 3 is 1.88 bits per heavy atom. The van der Waals surface area contributed by atoms with Crippen molar-refractivity contribution in [2.45, 2.75) is 32.9 Å². The average Bonchev–Trinajstić information content (AvgIpc) is 2.20. The number of hydrogen-bond acceptors (Lipinski definition) is 2. The van der Waals surface area contributed by atoms with E-state index >= 15 is 0 Å². The van der Waals surface area contributed by atoms with E-state index in [2.05, 4.69) is 14.7 Å². The molecule has 16 heavy (non-hydrogen) atoms. The molecule has 0 atom stereocenters. The summed E-state index contributed by atoms with van der Waals surface area (Å²) in [6.07, 6.45) is -3.15. The fourth-order valence-corrected chi connectivity index (χ4v) is 2.49. The van der Waals surface area contributed by atoms with Gasteiger partial charge in [0, 0.05) is 13.1 Å². The third kappa shape index (κ3) is 8.10. The van der Waals surface area contributed by atoms with Crippen molar-refractivity contribution in [3.63, 3.8) is 0 Å². The van der Waals surface area contributed by atoms with Crippen LogP contribution in [-0.4, -0.2) is 25.9 Å². The van der Waals surface area contributed by atoms with Gasteiger partial charge in [0.2, 0.25) is 0 Å². The Morgan fingerprint density at radius 2 is 1.56 bits per heavy atom. The fourth-order valence-electron chi connectivity index (χ4n) is 0.829. The minimum absolute atomic E-state index is 0.339. The van der Waals surface area contributed by atoms with Gasteiger partial charge >= 0.3 is 13.8 Å². The molecule has 0 rings (SSSR count). The van der Waals surface area contributed by atoms with Crippen molar-refractivity contribution in [2.75, 3.05) is 19.7 Å². The Bertz CT molecular complexity index is 224. The first-order valence-corrected chi connectivity index (χ1v) is 6.77. The van der Waals surface area contributed by atoms with Gasteiger partial charge in [0.25, 0.3) is 0 Å². The van der Waals surface area contributed by atoms with Crippen molar-refractivity contribution in [1.29, 1.82) is 0 Å². The van der Waals surface area contributed by atoms with Crippen molar-refractivity contribution in [3.8, 4) is 0 Å². The van der Waals surface area contributed by atoms with Crippen molar-refractivity contribution in [2.24, 2.45) is 0 Å². The van der Waals surface area contributed by atoms with Crippen LogP contribution in [0.25, 0.3) is 0 Å². The van der Waals surface area contributed by atoms with Crippen LogP contribution in [0, 0.1) is 0 Å². The number of nitrogens with one attached hydrogen (secondary N) is 2. The zero-order valence-electron chi connectivity index (χ0n) is 9.43. The number of rotatable bonds is 8. The van der Waals surface area contributed by atoms with Crippen LogP contribution >= 0.6 is 7.67 Å². The normalized spacial score (nSPS) is 13.1. The Hall–Kier alpha value is -0.100. The van der Waals surface area contributed by atoms with E-state index in [1.165, 1.54) is 0 Å². The number of hydrogen-bond donors (Lipinski definition) is 2. The highest BCUT2D eigenvalue weighted by atomic mass is 31.2. The number of alkyl halides is 3. The molecule has 0 radical (unpaired) electrons. The molecule has 0 unspecified atom stereocenters. The van der Waals surface area contributed by atoms with Gasteiger partial charge in [0.1, 0.15) is 0 Å².